The van der Waals surface area contributed by atoms with Crippen molar-refractivity contribution < 1.29 is 37.0 Å². The van der Waals surface area contributed by atoms with E-state index in [4.69, 9.17) is 25.8 Å². The molecule has 2 aliphatic rings. The molecule has 0 bridgehead atoms. The molecule has 0 radical (unpaired) electrons. The van der Waals surface area contributed by atoms with Crippen LogP contribution < -0.4 is 4.74 Å². The molecule has 46 heavy (non-hydrogen) atoms. The molecule has 0 N–H and O–H groups in total. The number of halogens is 4. The lowest BCUT2D eigenvalue weighted by atomic mass is 9.72. The van der Waals surface area contributed by atoms with Crippen molar-refractivity contribution in [3.63, 3.8) is 0 Å². The number of hydrogen-bond acceptors (Lipinski definition) is 5. The zero-order valence-electron chi connectivity index (χ0n) is 26.7. The summed E-state index contributed by atoms with van der Waals surface area (Å²) >= 11 is 6.63. The number of hydrogen-bond donors (Lipinski definition) is 0. The summed E-state index contributed by atoms with van der Waals surface area (Å²) < 4.78 is 57.1. The quantitative estimate of drug-likeness (QED) is 0.237. The number of cyclic esters (lactones) is 1. The van der Waals surface area contributed by atoms with Crippen molar-refractivity contribution in [2.45, 2.75) is 65.3 Å². The van der Waals surface area contributed by atoms with Gasteiger partial charge < -0.3 is 14.2 Å². The van der Waals surface area contributed by atoms with E-state index in [1.807, 2.05) is 18.2 Å². The van der Waals surface area contributed by atoms with Crippen molar-refractivity contribution in [2.75, 3.05) is 20.8 Å². The van der Waals surface area contributed by atoms with E-state index >= 15 is 0 Å². The Hall–Kier alpha value is -3.98. The van der Waals surface area contributed by atoms with Gasteiger partial charge in [-0.1, -0.05) is 49.2 Å². The third kappa shape index (κ3) is 6.75. The summed E-state index contributed by atoms with van der Waals surface area (Å²) in [5.74, 6) is 0.177. The number of benzene rings is 3. The van der Waals surface area contributed by atoms with Crippen LogP contribution in [0.1, 0.15) is 78.7 Å². The monoisotopic (exact) mass is 655 g/mol. The molecule has 0 saturated carbocycles. The molecule has 1 heterocycles. The highest BCUT2D eigenvalue weighted by atomic mass is 35.5. The molecule has 0 spiro atoms. The Bertz CT molecular complexity index is 1710. The molecule has 3 aromatic carbocycles. The predicted octanol–water partition coefficient (Wildman–Crippen LogP) is 9.68. The van der Waals surface area contributed by atoms with Gasteiger partial charge in [-0.15, -0.1) is 0 Å². The SMILES string of the molecule is COC(=O)c1ccc(-c2ccc(OC)c(C3=C(CN4C(=O)O[C@H](c5cc(C)cc(C(F)(F)F)c5)[C@@H]4C)CC(C)(C)CC3)c2)c(Cl)c1. The number of aryl methyl sites for hydroxylation is 1. The third-order valence-corrected chi connectivity index (χ3v) is 9.22. The predicted molar refractivity (Wildman–Crippen MR) is 171 cm³/mol. The normalized spacial score (nSPS) is 19.7. The number of alkyl halides is 3. The van der Waals surface area contributed by atoms with Gasteiger partial charge in [0, 0.05) is 22.7 Å². The molecule has 1 aliphatic heterocycles. The highest BCUT2D eigenvalue weighted by Gasteiger charge is 2.42. The minimum atomic E-state index is -4.51. The fourth-order valence-corrected chi connectivity index (χ4v) is 6.79. The number of carbonyl (C=O) groups is 2. The molecule has 1 aliphatic carbocycles. The summed E-state index contributed by atoms with van der Waals surface area (Å²) in [7, 11) is 2.91. The first-order valence-corrected chi connectivity index (χ1v) is 15.4. The number of nitrogens with zero attached hydrogens (tertiary/aromatic N) is 1. The van der Waals surface area contributed by atoms with Crippen LogP contribution in [-0.2, 0) is 15.7 Å². The van der Waals surface area contributed by atoms with E-state index in [1.54, 1.807) is 50.1 Å². The van der Waals surface area contributed by atoms with Crippen LogP contribution in [0.4, 0.5) is 18.0 Å². The first-order chi connectivity index (χ1) is 21.6. The smallest absolute Gasteiger partial charge is 0.416 e. The van der Waals surface area contributed by atoms with E-state index in [0.717, 1.165) is 52.8 Å². The average Bonchev–Trinajstić information content (AvgIpc) is 3.27. The standard InChI is InChI=1S/C36H37ClF3NO5/c1-20-13-24(15-26(14-20)36(38,39)40)32-21(2)41(34(43)46-32)19-25-18-35(3,4)12-11-27(25)29-16-22(8-10-31(29)44-5)28-9-7-23(17-30(28)37)33(42)45-6/h7-10,13-17,21,32H,11-12,18-19H2,1-6H3/t21-,32-/m0/s1. The highest BCUT2D eigenvalue weighted by Crippen LogP contribution is 2.47. The number of carbonyl (C=O) groups excluding carboxylic acids is 2. The molecule has 10 heteroatoms. The van der Waals surface area contributed by atoms with Gasteiger partial charge in [0.1, 0.15) is 11.9 Å². The first kappa shape index (κ1) is 33.4. The maximum Gasteiger partial charge on any atom is 0.416 e. The van der Waals surface area contributed by atoms with Crippen LogP contribution in [0.5, 0.6) is 5.75 Å². The van der Waals surface area contributed by atoms with Crippen molar-refractivity contribution in [1.82, 2.24) is 4.90 Å². The van der Waals surface area contributed by atoms with Gasteiger partial charge in [0.05, 0.1) is 31.4 Å². The lowest BCUT2D eigenvalue weighted by Gasteiger charge is -2.36. The molecule has 3 aromatic rings. The lowest BCUT2D eigenvalue weighted by Crippen LogP contribution is -2.35. The number of amides is 1. The molecular weight excluding hydrogens is 619 g/mol. The van der Waals surface area contributed by atoms with Gasteiger partial charge in [0.15, 0.2) is 0 Å². The zero-order valence-corrected chi connectivity index (χ0v) is 27.4. The van der Waals surface area contributed by atoms with Crippen LogP contribution in [-0.4, -0.2) is 43.8 Å². The summed E-state index contributed by atoms with van der Waals surface area (Å²) in [4.78, 5) is 26.9. The number of rotatable bonds is 7. The van der Waals surface area contributed by atoms with Crippen molar-refractivity contribution >= 4 is 29.2 Å². The van der Waals surface area contributed by atoms with Gasteiger partial charge in [-0.3, -0.25) is 4.90 Å². The minimum Gasteiger partial charge on any atom is -0.496 e. The van der Waals surface area contributed by atoms with Gasteiger partial charge in [0.25, 0.3) is 0 Å². The van der Waals surface area contributed by atoms with Crippen molar-refractivity contribution in [1.29, 1.82) is 0 Å². The molecule has 1 amide bonds. The Labute approximate surface area is 272 Å². The van der Waals surface area contributed by atoms with Crippen LogP contribution in [0.25, 0.3) is 16.7 Å². The van der Waals surface area contributed by atoms with Crippen LogP contribution in [0.15, 0.2) is 60.2 Å². The van der Waals surface area contributed by atoms with Crippen molar-refractivity contribution in [3.05, 3.63) is 93.0 Å². The van der Waals surface area contributed by atoms with Gasteiger partial charge in [-0.25, -0.2) is 9.59 Å². The molecule has 1 saturated heterocycles. The molecule has 6 nitrogen and oxygen atoms in total. The van der Waals surface area contributed by atoms with Crippen molar-refractivity contribution in [3.8, 4) is 16.9 Å². The second-order valence-electron chi connectivity index (χ2n) is 12.8. The minimum absolute atomic E-state index is 0.0406. The third-order valence-electron chi connectivity index (χ3n) is 8.91. The van der Waals surface area contributed by atoms with E-state index in [9.17, 15) is 22.8 Å². The van der Waals surface area contributed by atoms with Crippen LogP contribution in [0.2, 0.25) is 5.02 Å². The molecule has 5 rings (SSSR count). The molecule has 0 aromatic heterocycles. The van der Waals surface area contributed by atoms with E-state index in [-0.39, 0.29) is 12.0 Å². The Morgan fingerprint density at radius 2 is 1.80 bits per heavy atom. The Morgan fingerprint density at radius 1 is 1.07 bits per heavy atom. The maximum absolute atomic E-state index is 13.6. The summed E-state index contributed by atoms with van der Waals surface area (Å²) in [6.07, 6.45) is -3.59. The summed E-state index contributed by atoms with van der Waals surface area (Å²) in [5, 5.41) is 0.391. The van der Waals surface area contributed by atoms with Gasteiger partial charge in [-0.2, -0.15) is 13.2 Å². The van der Waals surface area contributed by atoms with Gasteiger partial charge in [0.2, 0.25) is 0 Å². The molecule has 2 atom stereocenters. The molecule has 0 unspecified atom stereocenters. The fourth-order valence-electron chi connectivity index (χ4n) is 6.50. The van der Waals surface area contributed by atoms with Gasteiger partial charge >= 0.3 is 18.2 Å². The van der Waals surface area contributed by atoms with E-state index in [0.29, 0.717) is 33.9 Å². The Kier molecular flexibility index (Phi) is 9.19. The van der Waals surface area contributed by atoms with Crippen LogP contribution >= 0.6 is 11.6 Å². The van der Waals surface area contributed by atoms with E-state index in [2.05, 4.69) is 13.8 Å². The number of esters is 1. The van der Waals surface area contributed by atoms with Crippen molar-refractivity contribution in [2.24, 2.45) is 5.41 Å². The fraction of sp³-hybridized carbons (Fsp3) is 0.389. The highest BCUT2D eigenvalue weighted by molar-refractivity contribution is 6.33. The molecular formula is C36H37ClF3NO5. The van der Waals surface area contributed by atoms with Crippen LogP contribution in [0.3, 0.4) is 0 Å². The Balaban J connectivity index is 1.53. The number of methoxy groups -OCH3 is 2. The maximum atomic E-state index is 13.6. The second-order valence-corrected chi connectivity index (χ2v) is 13.2. The molecule has 1 fully saturated rings. The Morgan fingerprint density at radius 3 is 2.46 bits per heavy atom. The van der Waals surface area contributed by atoms with E-state index in [1.165, 1.54) is 7.11 Å². The lowest BCUT2D eigenvalue weighted by molar-refractivity contribution is -0.137. The summed E-state index contributed by atoms with van der Waals surface area (Å²) in [6.45, 7) is 8.02. The summed E-state index contributed by atoms with van der Waals surface area (Å²) in [5.41, 5.74) is 4.78. The largest absolute Gasteiger partial charge is 0.496 e. The van der Waals surface area contributed by atoms with Crippen LogP contribution in [0, 0.1) is 12.3 Å². The van der Waals surface area contributed by atoms with E-state index < -0.39 is 35.9 Å². The first-order valence-electron chi connectivity index (χ1n) is 15.1. The second kappa shape index (κ2) is 12.7. The van der Waals surface area contributed by atoms with Gasteiger partial charge in [-0.05, 0) is 97.2 Å². The molecule has 244 valence electrons. The zero-order chi connectivity index (χ0) is 33.6. The number of allylic oxidation sites excluding steroid dienone is 1. The average molecular weight is 656 g/mol. The summed E-state index contributed by atoms with van der Waals surface area (Å²) in [6, 6.07) is 14.1. The number of ether oxygens (including phenoxy) is 3. The topological polar surface area (TPSA) is 65.1 Å².